The molecule has 0 bridgehead atoms. The van der Waals surface area contributed by atoms with E-state index in [-0.39, 0.29) is 5.91 Å². The number of carbonyl (C=O) groups excluding carboxylic acids is 1. The van der Waals surface area contributed by atoms with Crippen LogP contribution in [0.4, 0.5) is 5.69 Å². The summed E-state index contributed by atoms with van der Waals surface area (Å²) in [6.45, 7) is 5.76. The summed E-state index contributed by atoms with van der Waals surface area (Å²) in [4.78, 5) is 20.1. The zero-order chi connectivity index (χ0) is 18.4. The first-order valence-corrected chi connectivity index (χ1v) is 8.24. The molecule has 0 spiro atoms. The molecule has 0 saturated carbocycles. The van der Waals surface area contributed by atoms with Crippen LogP contribution >= 0.6 is 0 Å². The van der Waals surface area contributed by atoms with Gasteiger partial charge >= 0.3 is 0 Å². The molecule has 0 fully saturated rings. The van der Waals surface area contributed by atoms with Gasteiger partial charge in [0.1, 0.15) is 5.65 Å². The fourth-order valence-electron chi connectivity index (χ4n) is 2.89. The lowest BCUT2D eigenvalue weighted by Crippen LogP contribution is -2.13. The average Bonchev–Trinajstić information content (AvgIpc) is 3.27. The Kier molecular flexibility index (Phi) is 3.61. The zero-order valence-corrected chi connectivity index (χ0v) is 15.0. The molecule has 0 aliphatic rings. The van der Waals surface area contributed by atoms with Gasteiger partial charge in [-0.3, -0.25) is 14.6 Å². The summed E-state index contributed by atoms with van der Waals surface area (Å²) < 4.78 is 1.83. The van der Waals surface area contributed by atoms with E-state index < -0.39 is 0 Å². The van der Waals surface area contributed by atoms with Gasteiger partial charge in [-0.15, -0.1) is 0 Å². The third kappa shape index (κ3) is 2.55. The zero-order valence-electron chi connectivity index (χ0n) is 15.0. The van der Waals surface area contributed by atoms with Crippen molar-refractivity contribution in [1.29, 1.82) is 0 Å². The molecule has 26 heavy (non-hydrogen) atoms. The maximum atomic E-state index is 12.4. The Morgan fingerprint density at radius 2 is 2.00 bits per heavy atom. The molecule has 132 valence electrons. The molecule has 4 aromatic rings. The van der Waals surface area contributed by atoms with Crippen LogP contribution in [0.2, 0.25) is 0 Å². The standard InChI is InChI=1S/C18H19N7O/c1-9-10(2)23-24-16(9)18(26)21-13-5-12-6-15(22-17(12)19-7-13)14-8-20-25(4)11(14)3/h5-8H,1-4H3,(H,19,22)(H,21,26)(H,23,24). The lowest BCUT2D eigenvalue weighted by atomic mass is 10.2. The second-order valence-corrected chi connectivity index (χ2v) is 6.39. The number of amides is 1. The fraction of sp³-hybridized carbons (Fsp3) is 0.222. The monoisotopic (exact) mass is 349 g/mol. The van der Waals surface area contributed by atoms with Crippen LogP contribution in [0.3, 0.4) is 0 Å². The van der Waals surface area contributed by atoms with Crippen LogP contribution in [-0.4, -0.2) is 35.9 Å². The van der Waals surface area contributed by atoms with Crippen LogP contribution in [0.5, 0.6) is 0 Å². The summed E-state index contributed by atoms with van der Waals surface area (Å²) in [5.41, 5.74) is 6.53. The molecule has 1 amide bonds. The third-order valence-electron chi connectivity index (χ3n) is 4.72. The molecule has 0 radical (unpaired) electrons. The number of rotatable bonds is 3. The predicted molar refractivity (Wildman–Crippen MR) is 99.0 cm³/mol. The normalized spacial score (nSPS) is 11.2. The number of pyridine rings is 1. The number of carbonyl (C=O) groups is 1. The second-order valence-electron chi connectivity index (χ2n) is 6.39. The molecule has 4 aromatic heterocycles. The van der Waals surface area contributed by atoms with Crippen molar-refractivity contribution in [3.8, 4) is 11.3 Å². The molecule has 8 heteroatoms. The van der Waals surface area contributed by atoms with E-state index in [2.05, 4.69) is 30.6 Å². The maximum absolute atomic E-state index is 12.4. The minimum absolute atomic E-state index is 0.258. The number of anilines is 1. The SMILES string of the molecule is Cc1[nH]nc(C(=O)Nc2cnc3[nH]c(-c4cnn(C)c4C)cc3c2)c1C. The molecule has 0 aromatic carbocycles. The van der Waals surface area contributed by atoms with Gasteiger partial charge in [-0.05, 0) is 32.9 Å². The lowest BCUT2D eigenvalue weighted by Gasteiger charge is -2.03. The largest absolute Gasteiger partial charge is 0.339 e. The second kappa shape index (κ2) is 5.83. The van der Waals surface area contributed by atoms with Gasteiger partial charge in [-0.2, -0.15) is 10.2 Å². The summed E-state index contributed by atoms with van der Waals surface area (Å²) in [6.07, 6.45) is 3.46. The average molecular weight is 349 g/mol. The van der Waals surface area contributed by atoms with Crippen LogP contribution in [0.15, 0.2) is 24.5 Å². The van der Waals surface area contributed by atoms with Crippen molar-refractivity contribution in [2.75, 3.05) is 5.32 Å². The predicted octanol–water partition coefficient (Wildman–Crippen LogP) is 2.86. The highest BCUT2D eigenvalue weighted by Gasteiger charge is 2.15. The quantitative estimate of drug-likeness (QED) is 0.529. The third-order valence-corrected chi connectivity index (χ3v) is 4.72. The summed E-state index contributed by atoms with van der Waals surface area (Å²) in [5, 5.41) is 14.9. The summed E-state index contributed by atoms with van der Waals surface area (Å²) in [7, 11) is 1.91. The number of hydrogen-bond acceptors (Lipinski definition) is 4. The molecule has 0 aliphatic heterocycles. The number of aryl methyl sites for hydroxylation is 2. The van der Waals surface area contributed by atoms with Gasteiger partial charge in [0.2, 0.25) is 0 Å². The minimum atomic E-state index is -0.258. The first-order valence-electron chi connectivity index (χ1n) is 8.24. The van der Waals surface area contributed by atoms with Gasteiger partial charge in [0, 0.05) is 34.9 Å². The molecule has 0 unspecified atom stereocenters. The van der Waals surface area contributed by atoms with Gasteiger partial charge in [0.05, 0.1) is 23.8 Å². The van der Waals surface area contributed by atoms with E-state index >= 15 is 0 Å². The Hall–Kier alpha value is -3.42. The summed E-state index contributed by atoms with van der Waals surface area (Å²) in [5.74, 6) is -0.258. The van der Waals surface area contributed by atoms with Gasteiger partial charge in [0.25, 0.3) is 5.91 Å². The van der Waals surface area contributed by atoms with E-state index in [1.165, 1.54) is 0 Å². The smallest absolute Gasteiger partial charge is 0.276 e. The van der Waals surface area contributed by atoms with E-state index in [4.69, 9.17) is 0 Å². The van der Waals surface area contributed by atoms with Crippen molar-refractivity contribution in [2.24, 2.45) is 7.05 Å². The van der Waals surface area contributed by atoms with Crippen LogP contribution in [0.1, 0.15) is 27.4 Å². The van der Waals surface area contributed by atoms with E-state index in [0.717, 1.165) is 39.2 Å². The van der Waals surface area contributed by atoms with Gasteiger partial charge < -0.3 is 10.3 Å². The van der Waals surface area contributed by atoms with Gasteiger partial charge in [0.15, 0.2) is 5.69 Å². The Bertz CT molecular complexity index is 1130. The lowest BCUT2D eigenvalue weighted by molar-refractivity contribution is 0.102. The molecule has 0 saturated heterocycles. The summed E-state index contributed by atoms with van der Waals surface area (Å²) in [6, 6.07) is 3.90. The number of hydrogen-bond donors (Lipinski definition) is 3. The van der Waals surface area contributed by atoms with Crippen molar-refractivity contribution in [3.63, 3.8) is 0 Å². The van der Waals surface area contributed by atoms with Crippen molar-refractivity contribution in [2.45, 2.75) is 20.8 Å². The highest BCUT2D eigenvalue weighted by Crippen LogP contribution is 2.27. The van der Waals surface area contributed by atoms with Gasteiger partial charge in [-0.1, -0.05) is 0 Å². The molecular formula is C18H19N7O. The van der Waals surface area contributed by atoms with E-state index in [9.17, 15) is 4.79 Å². The molecule has 4 heterocycles. The topological polar surface area (TPSA) is 104 Å². The Morgan fingerprint density at radius 3 is 2.65 bits per heavy atom. The first-order chi connectivity index (χ1) is 12.4. The van der Waals surface area contributed by atoms with Crippen molar-refractivity contribution < 1.29 is 4.79 Å². The molecule has 0 atom stereocenters. The van der Waals surface area contributed by atoms with E-state index in [0.29, 0.717) is 11.4 Å². The van der Waals surface area contributed by atoms with Crippen LogP contribution < -0.4 is 5.32 Å². The number of nitrogens with one attached hydrogen (secondary N) is 3. The van der Waals surface area contributed by atoms with Crippen molar-refractivity contribution >= 4 is 22.6 Å². The van der Waals surface area contributed by atoms with E-state index in [1.807, 2.05) is 50.8 Å². The number of H-pyrrole nitrogens is 2. The molecule has 8 nitrogen and oxygen atoms in total. The Labute approximate surface area is 149 Å². The number of aromatic amines is 2. The van der Waals surface area contributed by atoms with Crippen molar-refractivity contribution in [1.82, 2.24) is 29.9 Å². The summed E-state index contributed by atoms with van der Waals surface area (Å²) >= 11 is 0. The van der Waals surface area contributed by atoms with Crippen LogP contribution in [0.25, 0.3) is 22.3 Å². The molecule has 4 rings (SSSR count). The number of fused-ring (bicyclic) bond motifs is 1. The van der Waals surface area contributed by atoms with E-state index in [1.54, 1.807) is 6.20 Å². The fourth-order valence-corrected chi connectivity index (χ4v) is 2.89. The first kappa shape index (κ1) is 16.1. The highest BCUT2D eigenvalue weighted by atomic mass is 16.1. The molecule has 0 aliphatic carbocycles. The molecule has 3 N–H and O–H groups in total. The van der Waals surface area contributed by atoms with Crippen LogP contribution in [-0.2, 0) is 7.05 Å². The highest BCUT2D eigenvalue weighted by molar-refractivity contribution is 6.04. The van der Waals surface area contributed by atoms with Crippen LogP contribution in [0, 0.1) is 20.8 Å². The molecular weight excluding hydrogens is 330 g/mol. The Morgan fingerprint density at radius 1 is 1.19 bits per heavy atom. The maximum Gasteiger partial charge on any atom is 0.276 e. The number of nitrogens with zero attached hydrogens (tertiary/aromatic N) is 4. The minimum Gasteiger partial charge on any atom is -0.339 e. The number of aromatic nitrogens is 6. The van der Waals surface area contributed by atoms with Gasteiger partial charge in [-0.25, -0.2) is 4.98 Å². The Balaban J connectivity index is 1.64. The van der Waals surface area contributed by atoms with Crippen molar-refractivity contribution in [3.05, 3.63) is 47.2 Å².